The maximum Gasteiger partial charge on any atom is 1.00 e. The van der Waals surface area contributed by atoms with Crippen molar-refractivity contribution in [3.8, 4) is 0 Å². The number of ether oxygens (including phenoxy) is 1. The fourth-order valence-electron chi connectivity index (χ4n) is 0.685. The minimum atomic E-state index is -0.0891. The number of hydrogen-bond donors (Lipinski definition) is 1. The van der Waals surface area contributed by atoms with Gasteiger partial charge in [-0.1, -0.05) is 0 Å². The Morgan fingerprint density at radius 1 is 1.38 bits per heavy atom. The second kappa shape index (κ2) is 4.77. The van der Waals surface area contributed by atoms with E-state index in [1.54, 1.807) is 0 Å². The zero-order chi connectivity index (χ0) is 5.11. The van der Waals surface area contributed by atoms with Gasteiger partial charge in [0.1, 0.15) is 0 Å². The molecule has 8 heavy (non-hydrogen) atoms. The molecule has 0 aromatic rings. The summed E-state index contributed by atoms with van der Waals surface area (Å²) in [6.45, 7) is 1.47. The van der Waals surface area contributed by atoms with E-state index in [2.05, 4.69) is 0 Å². The van der Waals surface area contributed by atoms with Gasteiger partial charge in [0.25, 0.3) is 0 Å². The maximum atomic E-state index is 8.83. The standard InChI is InChI=1S/C5H10O2.Na.H/c6-5-1-3-7-4-2-5;;/h5-6H,1-4H2;;/q;+1;-1. The first kappa shape index (κ1) is 8.92. The van der Waals surface area contributed by atoms with Crippen LogP contribution in [0.3, 0.4) is 0 Å². The van der Waals surface area contributed by atoms with Gasteiger partial charge in [0.15, 0.2) is 0 Å². The predicted octanol–water partition coefficient (Wildman–Crippen LogP) is -2.73. The molecule has 0 bridgehead atoms. The van der Waals surface area contributed by atoms with Crippen LogP contribution in [0.4, 0.5) is 0 Å². The Balaban J connectivity index is 0. The van der Waals surface area contributed by atoms with Crippen LogP contribution in [-0.2, 0) is 4.74 Å². The molecule has 0 spiro atoms. The molecule has 0 radical (unpaired) electrons. The van der Waals surface area contributed by atoms with E-state index in [4.69, 9.17) is 9.84 Å². The number of aliphatic hydroxyl groups excluding tert-OH is 1. The molecule has 1 fully saturated rings. The molecule has 1 saturated heterocycles. The summed E-state index contributed by atoms with van der Waals surface area (Å²) in [6, 6.07) is 0. The molecule has 2 nitrogen and oxygen atoms in total. The Kier molecular flexibility index (Phi) is 5.31. The topological polar surface area (TPSA) is 29.5 Å². The summed E-state index contributed by atoms with van der Waals surface area (Å²) in [5, 5.41) is 8.83. The zero-order valence-electron chi connectivity index (χ0n) is 6.26. The summed E-state index contributed by atoms with van der Waals surface area (Å²) in [5.74, 6) is 0. The first-order chi connectivity index (χ1) is 3.39. The summed E-state index contributed by atoms with van der Waals surface area (Å²) in [4.78, 5) is 0. The molecule has 0 unspecified atom stereocenters. The van der Waals surface area contributed by atoms with Gasteiger partial charge in [-0.15, -0.1) is 0 Å². The monoisotopic (exact) mass is 126 g/mol. The minimum absolute atomic E-state index is 0. The van der Waals surface area contributed by atoms with Crippen molar-refractivity contribution in [1.82, 2.24) is 0 Å². The first-order valence-electron chi connectivity index (χ1n) is 2.65. The molecule has 1 heterocycles. The zero-order valence-corrected chi connectivity index (χ0v) is 7.26. The SMILES string of the molecule is OC1CCOCC1.[H-].[Na+]. The molecule has 0 atom stereocenters. The van der Waals surface area contributed by atoms with Gasteiger partial charge in [0.05, 0.1) is 6.10 Å². The van der Waals surface area contributed by atoms with Gasteiger partial charge in [-0.05, 0) is 12.8 Å². The molecular weight excluding hydrogens is 115 g/mol. The molecule has 1 rings (SSSR count). The van der Waals surface area contributed by atoms with Gasteiger partial charge < -0.3 is 11.3 Å². The number of rotatable bonds is 0. The largest absolute Gasteiger partial charge is 1.00 e. The molecule has 1 aliphatic rings. The van der Waals surface area contributed by atoms with Crippen molar-refractivity contribution in [2.75, 3.05) is 13.2 Å². The van der Waals surface area contributed by atoms with Crippen LogP contribution >= 0.6 is 0 Å². The molecule has 44 valence electrons. The average molecular weight is 126 g/mol. The van der Waals surface area contributed by atoms with E-state index < -0.39 is 0 Å². The molecule has 0 aromatic carbocycles. The van der Waals surface area contributed by atoms with Crippen LogP contribution in [0.1, 0.15) is 14.3 Å². The van der Waals surface area contributed by atoms with E-state index in [0.29, 0.717) is 0 Å². The van der Waals surface area contributed by atoms with Crippen molar-refractivity contribution in [3.05, 3.63) is 0 Å². The summed E-state index contributed by atoms with van der Waals surface area (Å²) in [7, 11) is 0. The van der Waals surface area contributed by atoms with Crippen LogP contribution in [0.5, 0.6) is 0 Å². The molecule has 0 amide bonds. The van der Waals surface area contributed by atoms with Crippen LogP contribution in [-0.4, -0.2) is 24.4 Å². The Bertz CT molecular complexity index is 56.9. The molecule has 1 N–H and O–H groups in total. The Hall–Kier alpha value is 0.920. The van der Waals surface area contributed by atoms with Crippen molar-refractivity contribution in [2.45, 2.75) is 18.9 Å². The van der Waals surface area contributed by atoms with Crippen molar-refractivity contribution in [2.24, 2.45) is 0 Å². The Labute approximate surface area is 73.0 Å². The van der Waals surface area contributed by atoms with Gasteiger partial charge in [0, 0.05) is 13.2 Å². The van der Waals surface area contributed by atoms with Crippen LogP contribution in [0, 0.1) is 0 Å². The summed E-state index contributed by atoms with van der Waals surface area (Å²) < 4.78 is 4.98. The summed E-state index contributed by atoms with van der Waals surface area (Å²) in [5.41, 5.74) is 0. The van der Waals surface area contributed by atoms with E-state index in [1.165, 1.54) is 0 Å². The van der Waals surface area contributed by atoms with Gasteiger partial charge in [-0.25, -0.2) is 0 Å². The fraction of sp³-hybridized carbons (Fsp3) is 1.00. The molecule has 3 heteroatoms. The molecule has 0 saturated carbocycles. The molecule has 0 aliphatic carbocycles. The normalized spacial score (nSPS) is 22.1. The van der Waals surface area contributed by atoms with Crippen LogP contribution < -0.4 is 29.6 Å². The number of aliphatic hydroxyl groups is 1. The van der Waals surface area contributed by atoms with E-state index in [-0.39, 0.29) is 37.1 Å². The smallest absolute Gasteiger partial charge is 1.00 e. The molecular formula is C5H11NaO2. The van der Waals surface area contributed by atoms with Crippen LogP contribution in [0.15, 0.2) is 0 Å². The van der Waals surface area contributed by atoms with Crippen LogP contribution in [0.25, 0.3) is 0 Å². The Morgan fingerprint density at radius 3 is 2.12 bits per heavy atom. The molecule has 1 aliphatic heterocycles. The third-order valence-electron chi connectivity index (χ3n) is 1.19. The van der Waals surface area contributed by atoms with Gasteiger partial charge in [0.2, 0.25) is 0 Å². The van der Waals surface area contributed by atoms with E-state index >= 15 is 0 Å². The quantitative estimate of drug-likeness (QED) is 0.357. The first-order valence-corrected chi connectivity index (χ1v) is 2.65. The number of hydrogen-bond acceptors (Lipinski definition) is 2. The maximum absolute atomic E-state index is 8.83. The van der Waals surface area contributed by atoms with Crippen molar-refractivity contribution >= 4 is 0 Å². The predicted molar refractivity (Wildman–Crippen MR) is 27.2 cm³/mol. The van der Waals surface area contributed by atoms with E-state index in [0.717, 1.165) is 26.1 Å². The second-order valence-electron chi connectivity index (χ2n) is 1.84. The summed E-state index contributed by atoms with van der Waals surface area (Å²) >= 11 is 0. The van der Waals surface area contributed by atoms with Crippen molar-refractivity contribution in [1.29, 1.82) is 0 Å². The van der Waals surface area contributed by atoms with Crippen molar-refractivity contribution < 1.29 is 40.8 Å². The molecule has 0 aromatic heterocycles. The average Bonchev–Trinajstić information content (AvgIpc) is 1.69. The van der Waals surface area contributed by atoms with Crippen LogP contribution in [0.2, 0.25) is 0 Å². The van der Waals surface area contributed by atoms with E-state index in [9.17, 15) is 0 Å². The third kappa shape index (κ3) is 3.05. The third-order valence-corrected chi connectivity index (χ3v) is 1.19. The van der Waals surface area contributed by atoms with Gasteiger partial charge in [-0.3, -0.25) is 0 Å². The fourth-order valence-corrected chi connectivity index (χ4v) is 0.685. The van der Waals surface area contributed by atoms with E-state index in [1.807, 2.05) is 0 Å². The van der Waals surface area contributed by atoms with Gasteiger partial charge in [-0.2, -0.15) is 0 Å². The Morgan fingerprint density at radius 2 is 1.88 bits per heavy atom. The second-order valence-corrected chi connectivity index (χ2v) is 1.84. The van der Waals surface area contributed by atoms with Crippen molar-refractivity contribution in [3.63, 3.8) is 0 Å². The minimum Gasteiger partial charge on any atom is -1.00 e. The van der Waals surface area contributed by atoms with Gasteiger partial charge >= 0.3 is 29.6 Å². The summed E-state index contributed by atoms with van der Waals surface area (Å²) in [6.07, 6.45) is 1.55.